The number of amides is 1. The van der Waals surface area contributed by atoms with Crippen molar-refractivity contribution in [3.63, 3.8) is 0 Å². The number of nitrogens with zero attached hydrogens (tertiary/aromatic N) is 1. The maximum absolute atomic E-state index is 11.4. The molecule has 0 atom stereocenters. The highest BCUT2D eigenvalue weighted by atomic mass is 79.9. The van der Waals surface area contributed by atoms with E-state index < -0.39 is 15.6 Å². The van der Waals surface area contributed by atoms with E-state index >= 15 is 0 Å². The van der Waals surface area contributed by atoms with Gasteiger partial charge in [-0.3, -0.25) is 4.79 Å². The third-order valence-corrected chi connectivity index (χ3v) is 2.53. The molecule has 0 saturated carbocycles. The van der Waals surface area contributed by atoms with E-state index in [1.54, 1.807) is 24.3 Å². The molecular weight excluding hydrogens is 266 g/mol. The lowest BCUT2D eigenvalue weighted by Crippen LogP contribution is -2.00. The first-order valence-electron chi connectivity index (χ1n) is 3.85. The minimum Gasteiger partial charge on any atom is -0.266 e. The summed E-state index contributed by atoms with van der Waals surface area (Å²) in [5.74, 6) is -0.438. The second-order valence-electron chi connectivity index (χ2n) is 3.08. The number of carbonyl (C=O) groups excluding carboxylic acids is 1. The molecule has 0 aliphatic heterocycles. The molecule has 0 fully saturated rings. The Hall–Kier alpha value is -0.680. The van der Waals surface area contributed by atoms with E-state index in [2.05, 4.69) is 20.3 Å². The highest BCUT2D eigenvalue weighted by Gasteiger charge is 2.04. The standard InChI is InChI=1S/C9H10BrNO2S/c1-14(2,13)11-9(12)7-3-5-8(10)6-4-7/h3-6H,1-2H3. The summed E-state index contributed by atoms with van der Waals surface area (Å²) < 4.78 is 15.7. The van der Waals surface area contributed by atoms with Gasteiger partial charge in [0.1, 0.15) is 0 Å². The second kappa shape index (κ2) is 4.23. The van der Waals surface area contributed by atoms with Crippen molar-refractivity contribution in [2.24, 2.45) is 4.36 Å². The zero-order valence-corrected chi connectivity index (χ0v) is 10.3. The molecule has 1 aromatic rings. The summed E-state index contributed by atoms with van der Waals surface area (Å²) in [6.07, 6.45) is 2.87. The van der Waals surface area contributed by atoms with Gasteiger partial charge in [0.25, 0.3) is 5.91 Å². The van der Waals surface area contributed by atoms with Crippen LogP contribution in [0, 0.1) is 0 Å². The van der Waals surface area contributed by atoms with Gasteiger partial charge in [0.2, 0.25) is 0 Å². The summed E-state index contributed by atoms with van der Waals surface area (Å²) in [4.78, 5) is 11.4. The lowest BCUT2D eigenvalue weighted by Gasteiger charge is -1.96. The van der Waals surface area contributed by atoms with E-state index in [4.69, 9.17) is 0 Å². The fourth-order valence-corrected chi connectivity index (χ4v) is 1.61. The van der Waals surface area contributed by atoms with Crippen LogP contribution in [-0.2, 0) is 9.73 Å². The molecule has 1 rings (SSSR count). The van der Waals surface area contributed by atoms with Crippen molar-refractivity contribution in [3.05, 3.63) is 34.3 Å². The Morgan fingerprint density at radius 1 is 1.29 bits per heavy atom. The molecule has 0 aliphatic carbocycles. The molecular formula is C9H10BrNO2S. The van der Waals surface area contributed by atoms with Crippen molar-refractivity contribution >= 4 is 31.6 Å². The lowest BCUT2D eigenvalue weighted by atomic mass is 10.2. The summed E-state index contributed by atoms with van der Waals surface area (Å²) in [6.45, 7) is 0. The molecule has 14 heavy (non-hydrogen) atoms. The molecule has 1 aromatic carbocycles. The number of benzene rings is 1. The molecule has 0 aliphatic rings. The Morgan fingerprint density at radius 3 is 2.21 bits per heavy atom. The molecule has 1 amide bonds. The molecule has 76 valence electrons. The Kier molecular flexibility index (Phi) is 3.44. The molecule has 0 unspecified atom stereocenters. The van der Waals surface area contributed by atoms with Crippen LogP contribution in [0.15, 0.2) is 33.1 Å². The molecule has 0 bridgehead atoms. The Balaban J connectivity index is 3.03. The minimum absolute atomic E-state index is 0.438. The van der Waals surface area contributed by atoms with Gasteiger partial charge in [-0.05, 0) is 24.3 Å². The van der Waals surface area contributed by atoms with E-state index in [1.165, 1.54) is 12.5 Å². The summed E-state index contributed by atoms with van der Waals surface area (Å²) >= 11 is 3.26. The fourth-order valence-electron chi connectivity index (χ4n) is 0.845. The van der Waals surface area contributed by atoms with Gasteiger partial charge in [0.05, 0.1) is 0 Å². The average Bonchev–Trinajstić information content (AvgIpc) is 2.02. The monoisotopic (exact) mass is 275 g/mol. The lowest BCUT2D eigenvalue weighted by molar-refractivity contribution is 0.100. The normalized spacial score (nSPS) is 11.1. The molecule has 3 nitrogen and oxygen atoms in total. The van der Waals surface area contributed by atoms with Crippen molar-refractivity contribution in [2.45, 2.75) is 0 Å². The highest BCUT2D eigenvalue weighted by molar-refractivity contribution is 9.10. The van der Waals surface area contributed by atoms with Gasteiger partial charge in [-0.25, -0.2) is 4.21 Å². The highest BCUT2D eigenvalue weighted by Crippen LogP contribution is 2.11. The maximum atomic E-state index is 11.4. The van der Waals surface area contributed by atoms with Gasteiger partial charge in [-0.15, -0.1) is 0 Å². The maximum Gasteiger partial charge on any atom is 0.285 e. The smallest absolute Gasteiger partial charge is 0.266 e. The van der Waals surface area contributed by atoms with Gasteiger partial charge in [0, 0.05) is 32.3 Å². The van der Waals surface area contributed by atoms with Gasteiger partial charge < -0.3 is 0 Å². The van der Waals surface area contributed by atoms with Gasteiger partial charge in [-0.2, -0.15) is 4.36 Å². The van der Waals surface area contributed by atoms with Crippen molar-refractivity contribution in [3.8, 4) is 0 Å². The summed E-state index contributed by atoms with van der Waals surface area (Å²) in [7, 11) is -2.37. The molecule has 5 heteroatoms. The second-order valence-corrected chi connectivity index (χ2v) is 6.55. The van der Waals surface area contributed by atoms with E-state index in [0.717, 1.165) is 4.47 Å². The first kappa shape index (κ1) is 11.4. The van der Waals surface area contributed by atoms with Crippen LogP contribution in [0.2, 0.25) is 0 Å². The Labute approximate surface area is 91.8 Å². The Morgan fingerprint density at radius 2 is 1.79 bits per heavy atom. The van der Waals surface area contributed by atoms with Gasteiger partial charge in [-0.1, -0.05) is 15.9 Å². The first-order chi connectivity index (χ1) is 6.38. The van der Waals surface area contributed by atoms with Crippen molar-refractivity contribution in [1.82, 2.24) is 0 Å². The zero-order chi connectivity index (χ0) is 10.8. The largest absolute Gasteiger partial charge is 0.285 e. The SMILES string of the molecule is CS(C)(=O)=NC(=O)c1ccc(Br)cc1. The van der Waals surface area contributed by atoms with E-state index in [0.29, 0.717) is 5.56 Å². The van der Waals surface area contributed by atoms with Gasteiger partial charge >= 0.3 is 0 Å². The van der Waals surface area contributed by atoms with Crippen LogP contribution < -0.4 is 0 Å². The molecule has 0 aromatic heterocycles. The van der Waals surface area contributed by atoms with E-state index in [1.807, 2.05) is 0 Å². The fraction of sp³-hybridized carbons (Fsp3) is 0.222. The van der Waals surface area contributed by atoms with Crippen LogP contribution in [0.1, 0.15) is 10.4 Å². The third kappa shape index (κ3) is 3.59. The topological polar surface area (TPSA) is 46.5 Å². The van der Waals surface area contributed by atoms with Crippen molar-refractivity contribution in [2.75, 3.05) is 12.5 Å². The van der Waals surface area contributed by atoms with Crippen LogP contribution >= 0.6 is 15.9 Å². The first-order valence-corrected chi connectivity index (χ1v) is 6.98. The predicted molar refractivity (Wildman–Crippen MR) is 60.9 cm³/mol. The number of halogens is 1. The van der Waals surface area contributed by atoms with Crippen LogP contribution in [0.25, 0.3) is 0 Å². The van der Waals surface area contributed by atoms with Gasteiger partial charge in [0.15, 0.2) is 0 Å². The molecule has 0 radical (unpaired) electrons. The van der Waals surface area contributed by atoms with E-state index in [-0.39, 0.29) is 0 Å². The van der Waals surface area contributed by atoms with Crippen LogP contribution in [-0.4, -0.2) is 22.6 Å². The summed E-state index contributed by atoms with van der Waals surface area (Å²) in [6, 6.07) is 6.77. The molecule has 0 saturated heterocycles. The summed E-state index contributed by atoms with van der Waals surface area (Å²) in [5.41, 5.74) is 0.449. The van der Waals surface area contributed by atoms with Crippen LogP contribution in [0.3, 0.4) is 0 Å². The van der Waals surface area contributed by atoms with Crippen molar-refractivity contribution < 1.29 is 9.00 Å². The minimum atomic E-state index is -2.37. The zero-order valence-electron chi connectivity index (χ0n) is 7.86. The molecule has 0 heterocycles. The number of rotatable bonds is 1. The van der Waals surface area contributed by atoms with Crippen LogP contribution in [0.4, 0.5) is 0 Å². The number of hydrogen-bond donors (Lipinski definition) is 0. The Bertz CT molecular complexity index is 450. The van der Waals surface area contributed by atoms with Crippen LogP contribution in [0.5, 0.6) is 0 Å². The average molecular weight is 276 g/mol. The predicted octanol–water partition coefficient (Wildman–Crippen LogP) is 2.32. The van der Waals surface area contributed by atoms with E-state index in [9.17, 15) is 9.00 Å². The van der Waals surface area contributed by atoms with Crippen molar-refractivity contribution in [1.29, 1.82) is 0 Å². The third-order valence-electron chi connectivity index (χ3n) is 1.39. The number of carbonyl (C=O) groups is 1. The molecule has 0 spiro atoms. The summed E-state index contributed by atoms with van der Waals surface area (Å²) in [5, 5.41) is 0. The quantitative estimate of drug-likeness (QED) is 0.790. The molecule has 0 N–H and O–H groups in total. The number of hydrogen-bond acceptors (Lipinski definition) is 2.